The molecule has 1 aliphatic rings. The minimum Gasteiger partial charge on any atom is -0.310 e. The molecular formula is C14H15BrFN3. The van der Waals surface area contributed by atoms with Crippen molar-refractivity contribution in [2.24, 2.45) is 0 Å². The van der Waals surface area contributed by atoms with E-state index in [0.717, 1.165) is 16.6 Å². The molecule has 0 amide bonds. The Labute approximate surface area is 119 Å². The van der Waals surface area contributed by atoms with E-state index in [1.165, 1.54) is 18.9 Å². The van der Waals surface area contributed by atoms with Gasteiger partial charge in [-0.3, -0.25) is 4.68 Å². The van der Waals surface area contributed by atoms with Crippen molar-refractivity contribution in [2.75, 3.05) is 0 Å². The third-order valence-electron chi connectivity index (χ3n) is 3.20. The molecule has 1 aromatic heterocycles. The van der Waals surface area contributed by atoms with Crippen LogP contribution in [-0.2, 0) is 13.1 Å². The molecule has 19 heavy (non-hydrogen) atoms. The van der Waals surface area contributed by atoms with Gasteiger partial charge in [-0.1, -0.05) is 15.9 Å². The Hall–Kier alpha value is -1.20. The maximum absolute atomic E-state index is 13.6. The lowest BCUT2D eigenvalue weighted by Crippen LogP contribution is -2.14. The lowest BCUT2D eigenvalue weighted by molar-refractivity contribution is 0.584. The summed E-state index contributed by atoms with van der Waals surface area (Å²) in [5.74, 6) is -0.198. The third kappa shape index (κ3) is 3.42. The smallest absolute Gasteiger partial charge is 0.128 e. The Kier molecular flexibility index (Phi) is 3.66. The first-order valence-electron chi connectivity index (χ1n) is 6.39. The fourth-order valence-electron chi connectivity index (χ4n) is 1.97. The predicted octanol–water partition coefficient (Wildman–Crippen LogP) is 3.09. The van der Waals surface area contributed by atoms with Gasteiger partial charge in [-0.15, -0.1) is 0 Å². The van der Waals surface area contributed by atoms with Gasteiger partial charge >= 0.3 is 0 Å². The molecule has 0 spiro atoms. The summed E-state index contributed by atoms with van der Waals surface area (Å²) in [5, 5.41) is 7.71. The van der Waals surface area contributed by atoms with Crippen molar-refractivity contribution in [2.45, 2.75) is 32.0 Å². The second kappa shape index (κ2) is 5.43. The molecule has 0 bridgehead atoms. The monoisotopic (exact) mass is 323 g/mol. The van der Waals surface area contributed by atoms with E-state index in [1.54, 1.807) is 16.8 Å². The average molecular weight is 324 g/mol. The summed E-state index contributed by atoms with van der Waals surface area (Å²) >= 11 is 3.36. The van der Waals surface area contributed by atoms with Gasteiger partial charge in [0.1, 0.15) is 5.82 Å². The van der Waals surface area contributed by atoms with Crippen LogP contribution < -0.4 is 5.32 Å². The number of hydrogen-bond donors (Lipinski definition) is 1. The van der Waals surface area contributed by atoms with Crippen molar-refractivity contribution in [1.29, 1.82) is 0 Å². The average Bonchev–Trinajstić information content (AvgIpc) is 3.12. The minimum atomic E-state index is -0.198. The predicted molar refractivity (Wildman–Crippen MR) is 75.3 cm³/mol. The number of aromatic nitrogens is 2. The first-order chi connectivity index (χ1) is 9.20. The van der Waals surface area contributed by atoms with Gasteiger partial charge in [-0.25, -0.2) is 4.39 Å². The fourth-order valence-corrected chi connectivity index (χ4v) is 2.38. The van der Waals surface area contributed by atoms with Crippen LogP contribution in [0.15, 0.2) is 35.1 Å². The zero-order valence-electron chi connectivity index (χ0n) is 10.4. The van der Waals surface area contributed by atoms with Crippen LogP contribution in [0.25, 0.3) is 0 Å². The van der Waals surface area contributed by atoms with E-state index in [1.807, 2.05) is 12.4 Å². The van der Waals surface area contributed by atoms with Gasteiger partial charge in [0.05, 0.1) is 12.7 Å². The Morgan fingerprint density at radius 2 is 2.26 bits per heavy atom. The summed E-state index contributed by atoms with van der Waals surface area (Å²) < 4.78 is 16.3. The summed E-state index contributed by atoms with van der Waals surface area (Å²) in [7, 11) is 0. The molecular weight excluding hydrogens is 309 g/mol. The molecule has 1 saturated carbocycles. The zero-order valence-corrected chi connectivity index (χ0v) is 12.0. The summed E-state index contributed by atoms with van der Waals surface area (Å²) in [6.07, 6.45) is 6.36. The topological polar surface area (TPSA) is 29.9 Å². The van der Waals surface area contributed by atoms with E-state index in [9.17, 15) is 4.39 Å². The fraction of sp³-hybridized carbons (Fsp3) is 0.357. The van der Waals surface area contributed by atoms with E-state index in [4.69, 9.17) is 0 Å². The molecule has 1 heterocycles. The molecule has 1 fully saturated rings. The maximum atomic E-state index is 13.6. The van der Waals surface area contributed by atoms with Gasteiger partial charge < -0.3 is 5.32 Å². The number of hydrogen-bond acceptors (Lipinski definition) is 2. The van der Waals surface area contributed by atoms with Crippen LogP contribution in [0, 0.1) is 5.82 Å². The quantitative estimate of drug-likeness (QED) is 0.916. The Balaban J connectivity index is 1.66. The molecule has 0 atom stereocenters. The van der Waals surface area contributed by atoms with Gasteiger partial charge in [0.15, 0.2) is 0 Å². The van der Waals surface area contributed by atoms with Crippen molar-refractivity contribution in [1.82, 2.24) is 15.1 Å². The molecule has 1 aromatic carbocycles. The van der Waals surface area contributed by atoms with E-state index in [2.05, 4.69) is 26.3 Å². The normalized spacial score (nSPS) is 14.8. The van der Waals surface area contributed by atoms with E-state index < -0.39 is 0 Å². The van der Waals surface area contributed by atoms with Crippen LogP contribution in [0.1, 0.15) is 24.0 Å². The maximum Gasteiger partial charge on any atom is 0.128 e. The first-order valence-corrected chi connectivity index (χ1v) is 7.18. The van der Waals surface area contributed by atoms with Crippen LogP contribution >= 0.6 is 15.9 Å². The van der Waals surface area contributed by atoms with Gasteiger partial charge in [-0.2, -0.15) is 5.10 Å². The first kappa shape index (κ1) is 12.8. The molecule has 1 aliphatic carbocycles. The Bertz CT molecular complexity index is 578. The van der Waals surface area contributed by atoms with Crippen molar-refractivity contribution in [3.05, 3.63) is 52.0 Å². The highest BCUT2D eigenvalue weighted by Crippen LogP contribution is 2.19. The van der Waals surface area contributed by atoms with Crippen LogP contribution in [0.4, 0.5) is 4.39 Å². The molecule has 3 nitrogen and oxygen atoms in total. The van der Waals surface area contributed by atoms with Crippen molar-refractivity contribution >= 4 is 15.9 Å². The second-order valence-electron chi connectivity index (χ2n) is 4.94. The van der Waals surface area contributed by atoms with Crippen molar-refractivity contribution in [3.8, 4) is 0 Å². The lowest BCUT2D eigenvalue weighted by Gasteiger charge is -2.04. The van der Waals surface area contributed by atoms with Gasteiger partial charge in [0.2, 0.25) is 0 Å². The zero-order chi connectivity index (χ0) is 13.2. The summed E-state index contributed by atoms with van der Waals surface area (Å²) in [4.78, 5) is 0. The van der Waals surface area contributed by atoms with E-state index >= 15 is 0 Å². The SMILES string of the molecule is Fc1ccc(Br)cc1Cn1cc(CNC2CC2)cn1. The second-order valence-corrected chi connectivity index (χ2v) is 5.85. The standard InChI is InChI=1S/C14H15BrFN3/c15-12-1-4-14(16)11(5-12)9-19-8-10(7-18-19)6-17-13-2-3-13/h1,4-5,7-8,13,17H,2-3,6,9H2. The highest BCUT2D eigenvalue weighted by molar-refractivity contribution is 9.10. The lowest BCUT2D eigenvalue weighted by atomic mass is 10.2. The van der Waals surface area contributed by atoms with Crippen molar-refractivity contribution in [3.63, 3.8) is 0 Å². The van der Waals surface area contributed by atoms with E-state index in [0.29, 0.717) is 18.2 Å². The summed E-state index contributed by atoms with van der Waals surface area (Å²) in [6, 6.07) is 5.65. The largest absolute Gasteiger partial charge is 0.310 e. The number of halogens is 2. The third-order valence-corrected chi connectivity index (χ3v) is 3.69. The van der Waals surface area contributed by atoms with Gasteiger partial charge in [0, 0.05) is 34.4 Å². The van der Waals surface area contributed by atoms with E-state index in [-0.39, 0.29) is 5.82 Å². The molecule has 0 radical (unpaired) electrons. The van der Waals surface area contributed by atoms with Crippen LogP contribution in [-0.4, -0.2) is 15.8 Å². The van der Waals surface area contributed by atoms with Crippen LogP contribution in [0.2, 0.25) is 0 Å². The molecule has 0 saturated heterocycles. The molecule has 5 heteroatoms. The Morgan fingerprint density at radius 3 is 3.05 bits per heavy atom. The highest BCUT2D eigenvalue weighted by Gasteiger charge is 2.20. The Morgan fingerprint density at radius 1 is 1.42 bits per heavy atom. The summed E-state index contributed by atoms with van der Waals surface area (Å²) in [5.41, 5.74) is 1.78. The molecule has 3 rings (SSSR count). The van der Waals surface area contributed by atoms with Crippen LogP contribution in [0.5, 0.6) is 0 Å². The molecule has 2 aromatic rings. The number of nitrogens with zero attached hydrogens (tertiary/aromatic N) is 2. The van der Waals surface area contributed by atoms with Gasteiger partial charge in [-0.05, 0) is 31.0 Å². The molecule has 100 valence electrons. The van der Waals surface area contributed by atoms with Gasteiger partial charge in [0.25, 0.3) is 0 Å². The molecule has 0 aliphatic heterocycles. The van der Waals surface area contributed by atoms with Crippen molar-refractivity contribution < 1.29 is 4.39 Å². The minimum absolute atomic E-state index is 0.198. The highest BCUT2D eigenvalue weighted by atomic mass is 79.9. The number of benzene rings is 1. The molecule has 1 N–H and O–H groups in total. The number of rotatable bonds is 5. The molecule has 0 unspecified atom stereocenters. The number of nitrogens with one attached hydrogen (secondary N) is 1. The summed E-state index contributed by atoms with van der Waals surface area (Å²) in [6.45, 7) is 1.29. The van der Waals surface area contributed by atoms with Crippen LogP contribution in [0.3, 0.4) is 0 Å².